The summed E-state index contributed by atoms with van der Waals surface area (Å²) in [6, 6.07) is 8.98. The van der Waals surface area contributed by atoms with Crippen LogP contribution in [0, 0.1) is 0 Å². The lowest BCUT2D eigenvalue weighted by Gasteiger charge is -2.26. The summed E-state index contributed by atoms with van der Waals surface area (Å²) in [6.07, 6.45) is -0.587. The van der Waals surface area contributed by atoms with Crippen molar-refractivity contribution in [3.63, 3.8) is 0 Å². The number of phenolic OH excluding ortho intramolecular Hbond substituents is 2. The number of aromatic hydroxyl groups is 2. The fraction of sp³-hybridized carbons (Fsp3) is 0.176. The predicted molar refractivity (Wildman–Crippen MR) is 79.9 cm³/mol. The van der Waals surface area contributed by atoms with Crippen LogP contribution in [0.4, 0.5) is 0 Å². The van der Waals surface area contributed by atoms with Crippen molar-refractivity contribution in [3.8, 4) is 17.2 Å². The normalized spacial score (nSPS) is 16.4. The number of hydrogen-bond donors (Lipinski definition) is 2. The number of ether oxygens (including phenoxy) is 2. The number of ketones is 1. The summed E-state index contributed by atoms with van der Waals surface area (Å²) in [5.41, 5.74) is 1.04. The number of phenols is 2. The van der Waals surface area contributed by atoms with Crippen LogP contribution in [0.2, 0.25) is 0 Å². The first-order valence-electron chi connectivity index (χ1n) is 6.93. The Kier molecular flexibility index (Phi) is 3.65. The summed E-state index contributed by atoms with van der Waals surface area (Å²) >= 11 is 0. The van der Waals surface area contributed by atoms with E-state index in [1.165, 1.54) is 13.2 Å². The lowest BCUT2D eigenvalue weighted by Crippen LogP contribution is -2.20. The summed E-state index contributed by atoms with van der Waals surface area (Å²) in [5, 5.41) is 19.3. The number of esters is 1. The molecular formula is C17H14O6. The van der Waals surface area contributed by atoms with Crippen molar-refractivity contribution in [2.45, 2.75) is 12.5 Å². The number of hydrogen-bond acceptors (Lipinski definition) is 6. The van der Waals surface area contributed by atoms with Crippen molar-refractivity contribution in [2.75, 3.05) is 7.11 Å². The fourth-order valence-corrected chi connectivity index (χ4v) is 2.59. The molecule has 1 unspecified atom stereocenters. The summed E-state index contributed by atoms with van der Waals surface area (Å²) < 4.78 is 10.4. The Bertz CT molecular complexity index is 796. The molecule has 2 aromatic carbocycles. The molecule has 6 nitrogen and oxygen atoms in total. The Hall–Kier alpha value is -3.02. The van der Waals surface area contributed by atoms with Gasteiger partial charge in [-0.2, -0.15) is 0 Å². The van der Waals surface area contributed by atoms with E-state index >= 15 is 0 Å². The van der Waals surface area contributed by atoms with Crippen LogP contribution in [-0.4, -0.2) is 29.1 Å². The monoisotopic (exact) mass is 314 g/mol. The molecule has 0 aromatic heterocycles. The minimum Gasteiger partial charge on any atom is -0.508 e. The van der Waals surface area contributed by atoms with Crippen LogP contribution in [0.15, 0.2) is 36.4 Å². The highest BCUT2D eigenvalue weighted by molar-refractivity contribution is 6.02. The van der Waals surface area contributed by atoms with Crippen molar-refractivity contribution < 1.29 is 29.3 Å². The SMILES string of the molecule is COC(=O)c1cccc(C2CC(=O)c3c(O)cc(O)cc3O2)c1. The first-order chi connectivity index (χ1) is 11.0. The van der Waals surface area contributed by atoms with Gasteiger partial charge in [0.05, 0.1) is 19.1 Å². The summed E-state index contributed by atoms with van der Waals surface area (Å²) in [4.78, 5) is 23.9. The van der Waals surface area contributed by atoms with E-state index in [1.54, 1.807) is 24.3 Å². The van der Waals surface area contributed by atoms with E-state index in [2.05, 4.69) is 4.74 Å². The molecule has 0 bridgehead atoms. The number of rotatable bonds is 2. The van der Waals surface area contributed by atoms with Crippen LogP contribution in [0.1, 0.15) is 38.8 Å². The van der Waals surface area contributed by atoms with E-state index in [9.17, 15) is 19.8 Å². The molecule has 1 aliphatic rings. The lowest BCUT2D eigenvalue weighted by molar-refractivity contribution is 0.0600. The van der Waals surface area contributed by atoms with Gasteiger partial charge in [0.25, 0.3) is 0 Å². The average Bonchev–Trinajstić information content (AvgIpc) is 2.53. The smallest absolute Gasteiger partial charge is 0.337 e. The molecule has 1 atom stereocenters. The predicted octanol–water partition coefficient (Wildman–Crippen LogP) is 2.59. The molecule has 1 aliphatic heterocycles. The molecule has 3 rings (SSSR count). The zero-order valence-corrected chi connectivity index (χ0v) is 12.3. The highest BCUT2D eigenvalue weighted by Gasteiger charge is 2.31. The third kappa shape index (κ3) is 2.70. The second kappa shape index (κ2) is 5.64. The minimum absolute atomic E-state index is 0.0238. The van der Waals surface area contributed by atoms with Gasteiger partial charge in [-0.25, -0.2) is 4.79 Å². The first-order valence-corrected chi connectivity index (χ1v) is 6.93. The summed E-state index contributed by atoms with van der Waals surface area (Å²) in [5.74, 6) is -1.17. The Morgan fingerprint density at radius 3 is 2.78 bits per heavy atom. The number of methoxy groups -OCH3 is 1. The molecule has 2 aromatic rings. The molecule has 0 saturated heterocycles. The molecule has 0 radical (unpaired) electrons. The molecule has 2 N–H and O–H groups in total. The Morgan fingerprint density at radius 1 is 1.26 bits per heavy atom. The van der Waals surface area contributed by atoms with Crippen LogP contribution in [0.5, 0.6) is 17.2 Å². The van der Waals surface area contributed by atoms with Gasteiger partial charge in [-0.3, -0.25) is 4.79 Å². The zero-order chi connectivity index (χ0) is 16.6. The first kappa shape index (κ1) is 14.9. The molecule has 0 saturated carbocycles. The summed E-state index contributed by atoms with van der Waals surface area (Å²) in [7, 11) is 1.29. The van der Waals surface area contributed by atoms with Crippen molar-refractivity contribution in [2.24, 2.45) is 0 Å². The second-order valence-corrected chi connectivity index (χ2v) is 5.19. The molecule has 0 amide bonds. The summed E-state index contributed by atoms with van der Waals surface area (Å²) in [6.45, 7) is 0. The Morgan fingerprint density at radius 2 is 2.04 bits per heavy atom. The maximum atomic E-state index is 12.3. The van der Waals surface area contributed by atoms with Gasteiger partial charge in [-0.1, -0.05) is 12.1 Å². The van der Waals surface area contributed by atoms with Crippen LogP contribution in [0.3, 0.4) is 0 Å². The molecule has 1 heterocycles. The highest BCUT2D eigenvalue weighted by Crippen LogP contribution is 2.41. The number of Topliss-reactive ketones (excluding diaryl/α,β-unsaturated/α-hetero) is 1. The number of benzene rings is 2. The van der Waals surface area contributed by atoms with E-state index in [4.69, 9.17) is 4.74 Å². The lowest BCUT2D eigenvalue weighted by atomic mass is 9.94. The molecule has 0 aliphatic carbocycles. The van der Waals surface area contributed by atoms with Gasteiger partial charge in [0.15, 0.2) is 5.78 Å². The Balaban J connectivity index is 1.97. The third-order valence-corrected chi connectivity index (χ3v) is 3.66. The molecule has 0 spiro atoms. The van der Waals surface area contributed by atoms with Crippen LogP contribution < -0.4 is 4.74 Å². The quantitative estimate of drug-likeness (QED) is 0.828. The van der Waals surface area contributed by atoms with Gasteiger partial charge in [0.1, 0.15) is 28.9 Å². The van der Waals surface area contributed by atoms with Gasteiger partial charge in [0.2, 0.25) is 0 Å². The number of carbonyl (C=O) groups is 2. The zero-order valence-electron chi connectivity index (χ0n) is 12.3. The molecule has 23 heavy (non-hydrogen) atoms. The minimum atomic E-state index is -0.610. The van der Waals surface area contributed by atoms with E-state index in [0.717, 1.165) is 6.07 Å². The standard InChI is InChI=1S/C17H14O6/c1-22-17(21)10-4-2-3-9(5-10)14-8-13(20)16-12(19)6-11(18)7-15(16)23-14/h2-7,14,18-19H,8H2,1H3. The molecule has 6 heteroatoms. The van der Waals surface area contributed by atoms with Crippen molar-refractivity contribution in [1.82, 2.24) is 0 Å². The third-order valence-electron chi connectivity index (χ3n) is 3.66. The Labute approximate surface area is 131 Å². The average molecular weight is 314 g/mol. The van der Waals surface area contributed by atoms with Gasteiger partial charge in [-0.05, 0) is 17.7 Å². The van der Waals surface area contributed by atoms with Gasteiger partial charge in [-0.15, -0.1) is 0 Å². The van der Waals surface area contributed by atoms with E-state index < -0.39 is 12.1 Å². The molecule has 0 fully saturated rings. The largest absolute Gasteiger partial charge is 0.508 e. The van der Waals surface area contributed by atoms with E-state index in [0.29, 0.717) is 11.1 Å². The second-order valence-electron chi connectivity index (χ2n) is 5.19. The molecule has 118 valence electrons. The number of fused-ring (bicyclic) bond motifs is 1. The maximum Gasteiger partial charge on any atom is 0.337 e. The van der Waals surface area contributed by atoms with Gasteiger partial charge >= 0.3 is 5.97 Å². The van der Waals surface area contributed by atoms with Crippen LogP contribution >= 0.6 is 0 Å². The number of carbonyl (C=O) groups excluding carboxylic acids is 2. The topological polar surface area (TPSA) is 93.1 Å². The van der Waals surface area contributed by atoms with E-state index in [-0.39, 0.29) is 35.0 Å². The molecular weight excluding hydrogens is 300 g/mol. The van der Waals surface area contributed by atoms with Gasteiger partial charge in [0, 0.05) is 12.1 Å². The van der Waals surface area contributed by atoms with Crippen molar-refractivity contribution >= 4 is 11.8 Å². The van der Waals surface area contributed by atoms with Crippen LogP contribution in [-0.2, 0) is 4.74 Å². The van der Waals surface area contributed by atoms with Crippen molar-refractivity contribution in [1.29, 1.82) is 0 Å². The van der Waals surface area contributed by atoms with Crippen LogP contribution in [0.25, 0.3) is 0 Å². The maximum absolute atomic E-state index is 12.3. The highest BCUT2D eigenvalue weighted by atomic mass is 16.5. The van der Waals surface area contributed by atoms with Crippen molar-refractivity contribution in [3.05, 3.63) is 53.1 Å². The van der Waals surface area contributed by atoms with Gasteiger partial charge < -0.3 is 19.7 Å². The van der Waals surface area contributed by atoms with E-state index in [1.807, 2.05) is 0 Å². The fourth-order valence-electron chi connectivity index (χ4n) is 2.59.